The normalized spacial score (nSPS) is 15.6. The van der Waals surface area contributed by atoms with Crippen LogP contribution < -0.4 is 0 Å². The highest BCUT2D eigenvalue weighted by atomic mass is 14.4. The Labute approximate surface area is 91.5 Å². The predicted octanol–water partition coefficient (Wildman–Crippen LogP) is 5.28. The van der Waals surface area contributed by atoms with Crippen molar-refractivity contribution in [2.24, 2.45) is 16.7 Å². The van der Waals surface area contributed by atoms with Gasteiger partial charge in [0.05, 0.1) is 0 Å². The van der Waals surface area contributed by atoms with Gasteiger partial charge in [-0.15, -0.1) is 0 Å². The summed E-state index contributed by atoms with van der Waals surface area (Å²) in [5.74, 6) is 0.863. The summed E-state index contributed by atoms with van der Waals surface area (Å²) in [6.07, 6.45) is 5.27. The van der Waals surface area contributed by atoms with Crippen molar-refractivity contribution in [1.82, 2.24) is 0 Å². The van der Waals surface area contributed by atoms with E-state index in [-0.39, 0.29) is 0 Å². The van der Waals surface area contributed by atoms with E-state index in [4.69, 9.17) is 0 Å². The van der Waals surface area contributed by atoms with Gasteiger partial charge in [-0.05, 0) is 23.2 Å². The van der Waals surface area contributed by atoms with Gasteiger partial charge in [0.15, 0.2) is 0 Å². The molecule has 0 saturated carbocycles. The maximum Gasteiger partial charge on any atom is -0.0280 e. The van der Waals surface area contributed by atoms with Crippen LogP contribution in [0.25, 0.3) is 0 Å². The standard InChI is InChI=1S/C14H30/c1-8-12(4)11-13(5,6)14(7,9-2)10-3/h12H,8-11H2,1-7H3. The Bertz CT molecular complexity index is 151. The maximum atomic E-state index is 2.45. The van der Waals surface area contributed by atoms with Crippen LogP contribution in [0.15, 0.2) is 0 Å². The van der Waals surface area contributed by atoms with E-state index in [2.05, 4.69) is 48.5 Å². The molecule has 0 saturated heterocycles. The van der Waals surface area contributed by atoms with E-state index in [0.29, 0.717) is 10.8 Å². The van der Waals surface area contributed by atoms with Crippen molar-refractivity contribution in [3.05, 3.63) is 0 Å². The van der Waals surface area contributed by atoms with Crippen LogP contribution in [0, 0.1) is 16.7 Å². The molecule has 1 atom stereocenters. The third-order valence-corrected chi connectivity index (χ3v) is 4.75. The molecule has 0 nitrogen and oxygen atoms in total. The molecule has 0 bridgehead atoms. The lowest BCUT2D eigenvalue weighted by Crippen LogP contribution is -2.35. The molecule has 86 valence electrons. The molecule has 0 N–H and O–H groups in total. The Kier molecular flexibility index (Phi) is 5.19. The molecule has 0 aliphatic heterocycles. The molecule has 0 amide bonds. The maximum absolute atomic E-state index is 2.45. The van der Waals surface area contributed by atoms with Crippen LogP contribution in [0.1, 0.15) is 74.1 Å². The summed E-state index contributed by atoms with van der Waals surface area (Å²) in [4.78, 5) is 0. The highest BCUT2D eigenvalue weighted by Gasteiger charge is 2.38. The van der Waals surface area contributed by atoms with Gasteiger partial charge in [-0.2, -0.15) is 0 Å². The molecule has 0 rings (SSSR count). The van der Waals surface area contributed by atoms with Gasteiger partial charge < -0.3 is 0 Å². The zero-order valence-corrected chi connectivity index (χ0v) is 11.4. The summed E-state index contributed by atoms with van der Waals surface area (Å²) >= 11 is 0. The lowest BCUT2D eigenvalue weighted by Gasteiger charge is -2.45. The van der Waals surface area contributed by atoms with Crippen molar-refractivity contribution < 1.29 is 0 Å². The number of hydrogen-bond donors (Lipinski definition) is 0. The number of rotatable bonds is 6. The zero-order chi connectivity index (χ0) is 11.4. The van der Waals surface area contributed by atoms with Crippen molar-refractivity contribution in [3.63, 3.8) is 0 Å². The summed E-state index contributed by atoms with van der Waals surface area (Å²) in [5.41, 5.74) is 0.988. The first-order valence-electron chi connectivity index (χ1n) is 6.33. The minimum Gasteiger partial charge on any atom is -0.0651 e. The van der Waals surface area contributed by atoms with Crippen LogP contribution in [0.4, 0.5) is 0 Å². The largest absolute Gasteiger partial charge is 0.0651 e. The van der Waals surface area contributed by atoms with Crippen LogP contribution in [-0.4, -0.2) is 0 Å². The van der Waals surface area contributed by atoms with E-state index in [1.807, 2.05) is 0 Å². The quantitative estimate of drug-likeness (QED) is 0.545. The SMILES string of the molecule is CCC(C)CC(C)(C)C(C)(CC)CC. The van der Waals surface area contributed by atoms with Crippen LogP contribution in [-0.2, 0) is 0 Å². The third kappa shape index (κ3) is 3.00. The Morgan fingerprint density at radius 2 is 1.36 bits per heavy atom. The molecule has 0 heteroatoms. The second kappa shape index (κ2) is 5.19. The summed E-state index contributed by atoms with van der Waals surface area (Å²) in [6, 6.07) is 0. The first kappa shape index (κ1) is 14.0. The van der Waals surface area contributed by atoms with E-state index < -0.39 is 0 Å². The fourth-order valence-electron chi connectivity index (χ4n) is 2.47. The van der Waals surface area contributed by atoms with Gasteiger partial charge in [0.25, 0.3) is 0 Å². The molecule has 0 aromatic rings. The Balaban J connectivity index is 4.56. The summed E-state index contributed by atoms with van der Waals surface area (Å²) in [5, 5.41) is 0. The fraction of sp³-hybridized carbons (Fsp3) is 1.00. The minimum absolute atomic E-state index is 0.478. The first-order valence-corrected chi connectivity index (χ1v) is 6.33. The van der Waals surface area contributed by atoms with Gasteiger partial charge in [-0.1, -0.05) is 67.7 Å². The van der Waals surface area contributed by atoms with E-state index in [9.17, 15) is 0 Å². The van der Waals surface area contributed by atoms with Crippen LogP contribution >= 0.6 is 0 Å². The van der Waals surface area contributed by atoms with Crippen LogP contribution in [0.5, 0.6) is 0 Å². The first-order chi connectivity index (χ1) is 6.33. The van der Waals surface area contributed by atoms with Gasteiger partial charge in [-0.3, -0.25) is 0 Å². The second-order valence-corrected chi connectivity index (χ2v) is 5.87. The van der Waals surface area contributed by atoms with Crippen molar-refractivity contribution in [2.75, 3.05) is 0 Å². The van der Waals surface area contributed by atoms with Gasteiger partial charge >= 0.3 is 0 Å². The molecule has 1 unspecified atom stereocenters. The highest BCUT2D eigenvalue weighted by molar-refractivity contribution is 4.88. The Morgan fingerprint density at radius 1 is 0.929 bits per heavy atom. The van der Waals surface area contributed by atoms with Crippen molar-refractivity contribution >= 4 is 0 Å². The summed E-state index contributed by atoms with van der Waals surface area (Å²) < 4.78 is 0. The molecular weight excluding hydrogens is 168 g/mol. The second-order valence-electron chi connectivity index (χ2n) is 5.87. The van der Waals surface area contributed by atoms with E-state index >= 15 is 0 Å². The van der Waals surface area contributed by atoms with Crippen molar-refractivity contribution in [1.29, 1.82) is 0 Å². The average molecular weight is 198 g/mol. The van der Waals surface area contributed by atoms with Gasteiger partial charge in [0.1, 0.15) is 0 Å². The minimum atomic E-state index is 0.478. The Hall–Kier alpha value is 0. The topological polar surface area (TPSA) is 0 Å². The average Bonchev–Trinajstić information content (AvgIpc) is 2.15. The lowest BCUT2D eigenvalue weighted by molar-refractivity contribution is 0.0524. The van der Waals surface area contributed by atoms with Gasteiger partial charge in [0.2, 0.25) is 0 Å². The molecule has 0 aliphatic rings. The van der Waals surface area contributed by atoms with Gasteiger partial charge in [0, 0.05) is 0 Å². The summed E-state index contributed by atoms with van der Waals surface area (Å²) in [6.45, 7) is 16.7. The smallest absolute Gasteiger partial charge is 0.0280 e. The van der Waals surface area contributed by atoms with Crippen molar-refractivity contribution in [2.45, 2.75) is 74.1 Å². The highest BCUT2D eigenvalue weighted by Crippen LogP contribution is 2.48. The monoisotopic (exact) mass is 198 g/mol. The van der Waals surface area contributed by atoms with E-state index in [0.717, 1.165) is 5.92 Å². The van der Waals surface area contributed by atoms with Crippen LogP contribution in [0.2, 0.25) is 0 Å². The van der Waals surface area contributed by atoms with Crippen LogP contribution in [0.3, 0.4) is 0 Å². The van der Waals surface area contributed by atoms with Gasteiger partial charge in [-0.25, -0.2) is 0 Å². The third-order valence-electron chi connectivity index (χ3n) is 4.75. The molecule has 0 aromatic carbocycles. The lowest BCUT2D eigenvalue weighted by atomic mass is 9.60. The molecular formula is C14H30. The molecule has 0 heterocycles. The van der Waals surface area contributed by atoms with E-state index in [1.54, 1.807) is 0 Å². The molecule has 0 aliphatic carbocycles. The van der Waals surface area contributed by atoms with E-state index in [1.165, 1.54) is 25.7 Å². The van der Waals surface area contributed by atoms with Crippen molar-refractivity contribution in [3.8, 4) is 0 Å². The molecule has 0 spiro atoms. The fourth-order valence-corrected chi connectivity index (χ4v) is 2.47. The number of hydrogen-bond acceptors (Lipinski definition) is 0. The summed E-state index contributed by atoms with van der Waals surface area (Å²) in [7, 11) is 0. The Morgan fingerprint density at radius 3 is 1.64 bits per heavy atom. The molecule has 14 heavy (non-hydrogen) atoms. The zero-order valence-electron chi connectivity index (χ0n) is 11.4. The predicted molar refractivity (Wildman–Crippen MR) is 66.5 cm³/mol. The molecule has 0 aromatic heterocycles. The molecule has 0 fully saturated rings. The molecule has 0 radical (unpaired) electrons.